The van der Waals surface area contributed by atoms with Crippen LogP contribution in [0.2, 0.25) is 0 Å². The van der Waals surface area contributed by atoms with Crippen molar-refractivity contribution in [2.24, 2.45) is 5.73 Å². The summed E-state index contributed by atoms with van der Waals surface area (Å²) in [6, 6.07) is 7.09. The van der Waals surface area contributed by atoms with E-state index in [9.17, 15) is 18.0 Å². The predicted molar refractivity (Wildman–Crippen MR) is 71.4 cm³/mol. The fourth-order valence-electron chi connectivity index (χ4n) is 1.86. The lowest BCUT2D eigenvalue weighted by molar-refractivity contribution is -0.135. The Morgan fingerprint density at radius 3 is 2.55 bits per heavy atom. The van der Waals surface area contributed by atoms with E-state index in [2.05, 4.69) is 5.32 Å². The topological polar surface area (TPSA) is 55.1 Å². The van der Waals surface area contributed by atoms with Crippen molar-refractivity contribution in [3.05, 3.63) is 35.4 Å². The van der Waals surface area contributed by atoms with Gasteiger partial charge >= 0.3 is 6.18 Å². The summed E-state index contributed by atoms with van der Waals surface area (Å²) < 4.78 is 35.8. The summed E-state index contributed by atoms with van der Waals surface area (Å²) in [5.41, 5.74) is 6.86. The van der Waals surface area contributed by atoms with Crippen LogP contribution in [0.3, 0.4) is 0 Å². The van der Waals surface area contributed by atoms with Gasteiger partial charge in [0.2, 0.25) is 0 Å². The van der Waals surface area contributed by atoms with Gasteiger partial charge in [0.15, 0.2) is 0 Å². The number of halogens is 3. The quantitative estimate of drug-likeness (QED) is 0.758. The van der Waals surface area contributed by atoms with Crippen LogP contribution in [0.4, 0.5) is 13.2 Å². The van der Waals surface area contributed by atoms with Gasteiger partial charge in [0.1, 0.15) is 0 Å². The van der Waals surface area contributed by atoms with E-state index in [1.54, 1.807) is 12.1 Å². The molecule has 0 aliphatic rings. The fourth-order valence-corrected chi connectivity index (χ4v) is 1.86. The van der Waals surface area contributed by atoms with Crippen molar-refractivity contribution in [3.63, 3.8) is 0 Å². The first-order chi connectivity index (χ1) is 9.44. The number of alkyl halides is 3. The third kappa shape index (κ3) is 6.06. The first-order valence-corrected chi connectivity index (χ1v) is 6.57. The Kier molecular flexibility index (Phi) is 6.51. The van der Waals surface area contributed by atoms with Gasteiger partial charge in [0.05, 0.1) is 0 Å². The number of amides is 1. The van der Waals surface area contributed by atoms with Gasteiger partial charge < -0.3 is 11.1 Å². The van der Waals surface area contributed by atoms with E-state index in [-0.39, 0.29) is 18.9 Å². The van der Waals surface area contributed by atoms with Crippen molar-refractivity contribution in [2.75, 3.05) is 13.1 Å². The molecule has 1 rings (SSSR count). The summed E-state index contributed by atoms with van der Waals surface area (Å²) in [6.45, 7) is 0.682. The molecule has 6 heteroatoms. The number of unbranched alkanes of at least 4 members (excludes halogenated alkanes) is 1. The molecule has 20 heavy (non-hydrogen) atoms. The minimum Gasteiger partial charge on any atom is -0.352 e. The van der Waals surface area contributed by atoms with Crippen LogP contribution in [-0.4, -0.2) is 25.2 Å². The van der Waals surface area contributed by atoms with Crippen molar-refractivity contribution >= 4 is 5.91 Å². The zero-order valence-electron chi connectivity index (χ0n) is 11.2. The largest absolute Gasteiger partial charge is 0.389 e. The Bertz CT molecular complexity index is 433. The average Bonchev–Trinajstić information content (AvgIpc) is 2.38. The lowest BCUT2D eigenvalue weighted by Crippen LogP contribution is -2.26. The van der Waals surface area contributed by atoms with Crippen molar-refractivity contribution < 1.29 is 18.0 Å². The average molecular weight is 288 g/mol. The van der Waals surface area contributed by atoms with Crippen LogP contribution >= 0.6 is 0 Å². The normalized spacial score (nSPS) is 11.4. The molecular formula is C14H19F3N2O. The molecule has 0 aliphatic heterocycles. The highest BCUT2D eigenvalue weighted by Gasteiger charge is 2.25. The van der Waals surface area contributed by atoms with Crippen molar-refractivity contribution in [1.29, 1.82) is 0 Å². The van der Waals surface area contributed by atoms with Gasteiger partial charge in [-0.2, -0.15) is 13.2 Å². The Morgan fingerprint density at radius 2 is 1.90 bits per heavy atom. The summed E-state index contributed by atoms with van der Waals surface area (Å²) in [7, 11) is 0. The third-order valence-corrected chi connectivity index (χ3v) is 2.85. The molecule has 0 saturated carbocycles. The molecular weight excluding hydrogens is 269 g/mol. The first-order valence-electron chi connectivity index (χ1n) is 6.57. The molecule has 0 bridgehead atoms. The summed E-state index contributed by atoms with van der Waals surface area (Å²) in [4.78, 5) is 11.9. The van der Waals surface area contributed by atoms with Crippen LogP contribution in [0.15, 0.2) is 24.3 Å². The molecule has 0 radical (unpaired) electrons. The smallest absolute Gasteiger partial charge is 0.352 e. The maximum absolute atomic E-state index is 11.9. The van der Waals surface area contributed by atoms with E-state index < -0.39 is 12.6 Å². The molecule has 0 unspecified atom stereocenters. The Morgan fingerprint density at radius 1 is 1.20 bits per heavy atom. The highest BCUT2D eigenvalue weighted by atomic mass is 19.4. The van der Waals surface area contributed by atoms with Crippen molar-refractivity contribution in [3.8, 4) is 0 Å². The standard InChI is InChI=1S/C14H19F3N2O/c15-14(16,17)8-3-4-10-19-13(20)12-6-2-1-5-11(12)7-9-18/h1-2,5-6H,3-4,7-10,18H2,(H,19,20). The van der Waals surface area contributed by atoms with Crippen LogP contribution in [0.5, 0.6) is 0 Å². The maximum Gasteiger partial charge on any atom is 0.389 e. The summed E-state index contributed by atoms with van der Waals surface area (Å²) in [5, 5.41) is 2.64. The van der Waals surface area contributed by atoms with Crippen LogP contribution in [0.1, 0.15) is 35.2 Å². The molecule has 0 spiro atoms. The van der Waals surface area contributed by atoms with Crippen LogP contribution in [0.25, 0.3) is 0 Å². The van der Waals surface area contributed by atoms with E-state index in [4.69, 9.17) is 5.73 Å². The third-order valence-electron chi connectivity index (χ3n) is 2.85. The second-order valence-corrected chi connectivity index (χ2v) is 4.52. The van der Waals surface area contributed by atoms with Crippen LogP contribution < -0.4 is 11.1 Å². The molecule has 1 amide bonds. The molecule has 0 aromatic heterocycles. The minimum absolute atomic E-state index is 0.0221. The second-order valence-electron chi connectivity index (χ2n) is 4.52. The summed E-state index contributed by atoms with van der Waals surface area (Å²) in [6.07, 6.45) is -4.01. The number of benzene rings is 1. The number of rotatable bonds is 7. The SMILES string of the molecule is NCCc1ccccc1C(=O)NCCCCC(F)(F)F. The maximum atomic E-state index is 11.9. The number of carbonyl (C=O) groups is 1. The Balaban J connectivity index is 2.40. The van der Waals surface area contributed by atoms with Crippen molar-refractivity contribution in [1.82, 2.24) is 5.32 Å². The molecule has 3 nitrogen and oxygen atoms in total. The highest BCUT2D eigenvalue weighted by Crippen LogP contribution is 2.21. The van der Waals surface area contributed by atoms with Gasteiger partial charge in [-0.05, 0) is 37.4 Å². The molecule has 1 aromatic carbocycles. The van der Waals surface area contributed by atoms with Gasteiger partial charge in [-0.3, -0.25) is 4.79 Å². The Labute approximate surface area is 116 Å². The molecule has 1 aromatic rings. The fraction of sp³-hybridized carbons (Fsp3) is 0.500. The van der Waals surface area contributed by atoms with Crippen LogP contribution in [-0.2, 0) is 6.42 Å². The monoisotopic (exact) mass is 288 g/mol. The van der Waals surface area contributed by atoms with Gasteiger partial charge in [-0.15, -0.1) is 0 Å². The predicted octanol–water partition coefficient (Wildman–Crippen LogP) is 2.65. The number of carbonyl (C=O) groups excluding carboxylic acids is 1. The van der Waals surface area contributed by atoms with E-state index >= 15 is 0 Å². The highest BCUT2D eigenvalue weighted by molar-refractivity contribution is 5.95. The van der Waals surface area contributed by atoms with E-state index in [0.717, 1.165) is 5.56 Å². The molecule has 0 fully saturated rings. The Hall–Kier alpha value is -1.56. The van der Waals surface area contributed by atoms with Crippen LogP contribution in [0, 0.1) is 0 Å². The number of nitrogens with two attached hydrogens (primary N) is 1. The van der Waals surface area contributed by atoms with Gasteiger partial charge in [-0.25, -0.2) is 0 Å². The van der Waals surface area contributed by atoms with E-state index in [1.165, 1.54) is 0 Å². The molecule has 0 saturated heterocycles. The van der Waals surface area contributed by atoms with Gasteiger partial charge in [0.25, 0.3) is 5.91 Å². The zero-order valence-corrected chi connectivity index (χ0v) is 11.2. The molecule has 0 atom stereocenters. The van der Waals surface area contributed by atoms with E-state index in [1.807, 2.05) is 12.1 Å². The minimum atomic E-state index is -4.13. The molecule has 112 valence electrons. The summed E-state index contributed by atoms with van der Waals surface area (Å²) >= 11 is 0. The first kappa shape index (κ1) is 16.5. The second kappa shape index (κ2) is 7.89. The molecule has 3 N–H and O–H groups in total. The lowest BCUT2D eigenvalue weighted by Gasteiger charge is -2.10. The lowest BCUT2D eigenvalue weighted by atomic mass is 10.0. The van der Waals surface area contributed by atoms with E-state index in [0.29, 0.717) is 24.9 Å². The van der Waals surface area contributed by atoms with Crippen molar-refractivity contribution in [2.45, 2.75) is 31.9 Å². The van der Waals surface area contributed by atoms with Gasteiger partial charge in [-0.1, -0.05) is 18.2 Å². The molecule has 0 heterocycles. The van der Waals surface area contributed by atoms with Gasteiger partial charge in [0, 0.05) is 18.5 Å². The summed E-state index contributed by atoms with van der Waals surface area (Å²) in [5.74, 6) is -0.263. The number of nitrogens with one attached hydrogen (secondary N) is 1. The zero-order chi connectivity index (χ0) is 15.0. The number of hydrogen-bond donors (Lipinski definition) is 2. The number of hydrogen-bond acceptors (Lipinski definition) is 2. The molecule has 0 aliphatic carbocycles.